The van der Waals surface area contributed by atoms with Crippen LogP contribution >= 0.6 is 0 Å². The molecule has 1 unspecified atom stereocenters. The van der Waals surface area contributed by atoms with E-state index in [0.717, 1.165) is 94.6 Å². The average Bonchev–Trinajstić information content (AvgIpc) is 3.42. The van der Waals surface area contributed by atoms with Crippen LogP contribution in [0.25, 0.3) is 0 Å². The van der Waals surface area contributed by atoms with Crippen molar-refractivity contribution in [3.63, 3.8) is 0 Å². The van der Waals surface area contributed by atoms with Gasteiger partial charge in [-0.15, -0.1) is 0 Å². The molecule has 0 N–H and O–H groups in total. The van der Waals surface area contributed by atoms with Gasteiger partial charge in [-0.3, -0.25) is 19.2 Å². The van der Waals surface area contributed by atoms with Gasteiger partial charge in [0.15, 0.2) is 11.6 Å². The number of Topliss-reactive ketones (excluding diaryl/α,β-unsaturated/α-hetero) is 3. The number of fused-ring (bicyclic) bond motifs is 10. The molecule has 0 saturated heterocycles. The van der Waals surface area contributed by atoms with Crippen LogP contribution in [0.4, 0.5) is 0 Å². The van der Waals surface area contributed by atoms with Crippen LogP contribution in [0.15, 0.2) is 22.8 Å². The molecule has 0 aromatic rings. The van der Waals surface area contributed by atoms with Crippen molar-refractivity contribution in [2.24, 2.45) is 63.1 Å². The van der Waals surface area contributed by atoms with Gasteiger partial charge in [0.05, 0.1) is 0 Å². The van der Waals surface area contributed by atoms with Gasteiger partial charge in [0.1, 0.15) is 11.6 Å². The molecule has 0 heterocycles. The summed E-state index contributed by atoms with van der Waals surface area (Å²) in [7, 11) is 0. The summed E-state index contributed by atoms with van der Waals surface area (Å²) >= 11 is 0. The highest BCUT2D eigenvalue weighted by atomic mass is 16.1. The van der Waals surface area contributed by atoms with Crippen LogP contribution in [0, 0.1) is 63.1 Å². The standard InChI is InChI=1S/C38H50O4/c1-35-12-9-27-25(30(35)17-23(40)19-35)7-8-29-34(33(42)11-14-37(27,29)3)32-16-22(39)15-21-5-6-26-28(38(21,32)4)10-13-36(2)20-24(41)18-31(26)36/h16,21,25-28,30-31H,5-15,17-20H2,1-4H3/t21?,25-,26-,27-,28-,30+,31+,35-,36-,37-,38+/m1/s1. The van der Waals surface area contributed by atoms with E-state index in [4.69, 9.17) is 0 Å². The second-order valence-corrected chi connectivity index (χ2v) is 17.5. The van der Waals surface area contributed by atoms with Crippen molar-refractivity contribution in [2.45, 2.75) is 124 Å². The molecular formula is C38H50O4. The first-order valence-electron chi connectivity index (χ1n) is 17.4. The third-order valence-corrected chi connectivity index (χ3v) is 15.8. The zero-order valence-electron chi connectivity index (χ0n) is 26.4. The Morgan fingerprint density at radius 1 is 0.643 bits per heavy atom. The zero-order chi connectivity index (χ0) is 29.4. The molecule has 0 aromatic carbocycles. The molecule has 0 bridgehead atoms. The summed E-state index contributed by atoms with van der Waals surface area (Å²) < 4.78 is 0. The van der Waals surface area contributed by atoms with Gasteiger partial charge in [0.25, 0.3) is 0 Å². The van der Waals surface area contributed by atoms with E-state index < -0.39 is 0 Å². The van der Waals surface area contributed by atoms with E-state index >= 15 is 0 Å². The first-order valence-corrected chi connectivity index (χ1v) is 17.4. The fourth-order valence-corrected chi connectivity index (χ4v) is 13.7. The molecular weight excluding hydrogens is 520 g/mol. The first kappa shape index (κ1) is 27.7. The van der Waals surface area contributed by atoms with Gasteiger partial charge in [0.2, 0.25) is 0 Å². The fraction of sp³-hybridized carbons (Fsp3) is 0.789. The number of ketones is 4. The van der Waals surface area contributed by atoms with E-state index in [2.05, 4.69) is 27.7 Å². The smallest absolute Gasteiger partial charge is 0.163 e. The van der Waals surface area contributed by atoms with Crippen LogP contribution in [0.5, 0.6) is 0 Å². The molecule has 4 nitrogen and oxygen atoms in total. The molecule has 6 saturated carbocycles. The highest BCUT2D eigenvalue weighted by Gasteiger charge is 2.63. The maximum Gasteiger partial charge on any atom is 0.163 e. The van der Waals surface area contributed by atoms with E-state index in [1.807, 2.05) is 6.08 Å². The molecule has 0 spiro atoms. The van der Waals surface area contributed by atoms with Crippen LogP contribution in [0.1, 0.15) is 124 Å². The lowest BCUT2D eigenvalue weighted by molar-refractivity contribution is -0.123. The Morgan fingerprint density at radius 3 is 1.93 bits per heavy atom. The Bertz CT molecular complexity index is 1370. The summed E-state index contributed by atoms with van der Waals surface area (Å²) in [6, 6.07) is 0. The lowest BCUT2D eigenvalue weighted by atomic mass is 9.42. The van der Waals surface area contributed by atoms with Crippen molar-refractivity contribution in [2.75, 3.05) is 0 Å². The number of hydrogen-bond donors (Lipinski definition) is 0. The van der Waals surface area contributed by atoms with Gasteiger partial charge >= 0.3 is 0 Å². The Morgan fingerprint density at radius 2 is 1.26 bits per heavy atom. The molecule has 8 aliphatic carbocycles. The van der Waals surface area contributed by atoms with Crippen LogP contribution in [-0.4, -0.2) is 23.1 Å². The molecule has 6 fully saturated rings. The molecule has 8 rings (SSSR count). The van der Waals surface area contributed by atoms with Crippen molar-refractivity contribution >= 4 is 23.1 Å². The second kappa shape index (κ2) is 8.87. The van der Waals surface area contributed by atoms with Gasteiger partial charge < -0.3 is 0 Å². The number of carbonyl (C=O) groups excluding carboxylic acids is 4. The van der Waals surface area contributed by atoms with Crippen molar-refractivity contribution in [3.8, 4) is 0 Å². The highest BCUT2D eigenvalue weighted by molar-refractivity contribution is 6.05. The summed E-state index contributed by atoms with van der Waals surface area (Å²) in [6.45, 7) is 9.62. The van der Waals surface area contributed by atoms with Gasteiger partial charge in [-0.1, -0.05) is 33.3 Å². The van der Waals surface area contributed by atoms with Gasteiger partial charge in [0, 0.05) is 44.1 Å². The third-order valence-electron chi connectivity index (χ3n) is 15.8. The van der Waals surface area contributed by atoms with Crippen LogP contribution < -0.4 is 0 Å². The maximum atomic E-state index is 14.2. The van der Waals surface area contributed by atoms with Gasteiger partial charge in [-0.2, -0.15) is 0 Å². The Balaban J connectivity index is 1.22. The van der Waals surface area contributed by atoms with E-state index in [9.17, 15) is 19.2 Å². The fourth-order valence-electron chi connectivity index (χ4n) is 13.7. The first-order chi connectivity index (χ1) is 19.9. The van der Waals surface area contributed by atoms with Crippen LogP contribution in [-0.2, 0) is 19.2 Å². The molecule has 0 aliphatic heterocycles. The van der Waals surface area contributed by atoms with Gasteiger partial charge in [-0.05, 0) is 133 Å². The third kappa shape index (κ3) is 3.53. The molecule has 0 aromatic heterocycles. The summed E-state index contributed by atoms with van der Waals surface area (Å²) in [6.07, 6.45) is 15.7. The normalized spacial score (nSPS) is 51.7. The summed E-state index contributed by atoms with van der Waals surface area (Å²) in [5, 5.41) is 0. The minimum atomic E-state index is -0.181. The maximum absolute atomic E-state index is 14.2. The number of allylic oxidation sites excluding steroid dienone is 3. The number of rotatable bonds is 1. The lowest BCUT2D eigenvalue weighted by Crippen LogP contribution is -2.54. The predicted octanol–water partition coefficient (Wildman–Crippen LogP) is 7.78. The Labute approximate surface area is 251 Å². The van der Waals surface area contributed by atoms with E-state index in [1.165, 1.54) is 5.57 Å². The Hall–Kier alpha value is -1.84. The topological polar surface area (TPSA) is 68.3 Å². The second-order valence-electron chi connectivity index (χ2n) is 17.5. The van der Waals surface area contributed by atoms with Crippen molar-refractivity contribution in [1.29, 1.82) is 0 Å². The molecule has 11 atom stereocenters. The predicted molar refractivity (Wildman–Crippen MR) is 161 cm³/mol. The van der Waals surface area contributed by atoms with E-state index in [1.54, 1.807) is 0 Å². The average molecular weight is 571 g/mol. The minimum Gasteiger partial charge on any atom is -0.300 e. The SMILES string of the molecule is C[C@]12CC[C@@H]3[C@@H](CCC4=C(C5=CC(=O)CC6CC[C@@H]7[C@@H](CC[C@]8(C)CC(=O)C[C@@H]78)[C@@]56C)C(=O)CC[C@@]43C)[C@@H]1CC(=O)C2. The Kier molecular flexibility index (Phi) is 5.85. The van der Waals surface area contributed by atoms with Crippen molar-refractivity contribution in [3.05, 3.63) is 22.8 Å². The van der Waals surface area contributed by atoms with Crippen LogP contribution in [0.3, 0.4) is 0 Å². The van der Waals surface area contributed by atoms with E-state index in [0.29, 0.717) is 59.9 Å². The molecule has 0 amide bonds. The molecule has 8 aliphatic rings. The van der Waals surface area contributed by atoms with E-state index in [-0.39, 0.29) is 39.1 Å². The summed E-state index contributed by atoms with van der Waals surface area (Å²) in [5.41, 5.74) is 3.53. The molecule has 4 heteroatoms. The highest BCUT2D eigenvalue weighted by Crippen LogP contribution is 2.70. The van der Waals surface area contributed by atoms with Gasteiger partial charge in [-0.25, -0.2) is 0 Å². The zero-order valence-corrected chi connectivity index (χ0v) is 26.4. The van der Waals surface area contributed by atoms with Crippen molar-refractivity contribution in [1.82, 2.24) is 0 Å². The van der Waals surface area contributed by atoms with Crippen LogP contribution in [0.2, 0.25) is 0 Å². The molecule has 42 heavy (non-hydrogen) atoms. The van der Waals surface area contributed by atoms with Crippen molar-refractivity contribution < 1.29 is 19.2 Å². The summed E-state index contributed by atoms with van der Waals surface area (Å²) in [4.78, 5) is 53.0. The molecule has 0 radical (unpaired) electrons. The number of hydrogen-bond acceptors (Lipinski definition) is 4. The number of carbonyl (C=O) groups is 4. The molecule has 226 valence electrons. The minimum absolute atomic E-state index is 0.0244. The largest absolute Gasteiger partial charge is 0.300 e. The monoisotopic (exact) mass is 570 g/mol. The summed E-state index contributed by atoms with van der Waals surface area (Å²) in [5.74, 6) is 4.65. The quantitative estimate of drug-likeness (QED) is 0.323. The lowest BCUT2D eigenvalue weighted by Gasteiger charge is -2.61.